The highest BCUT2D eigenvalue weighted by Gasteiger charge is 2.37. The number of amides is 2. The van der Waals surface area contributed by atoms with Crippen LogP contribution in [0.3, 0.4) is 0 Å². The summed E-state index contributed by atoms with van der Waals surface area (Å²) in [5.41, 5.74) is 1.76. The first-order valence-electron chi connectivity index (χ1n) is 13.0. The Morgan fingerprint density at radius 1 is 0.872 bits per heavy atom. The Balaban J connectivity index is 1.13. The molecular weight excluding hydrogens is 541 g/mol. The Hall–Kier alpha value is -3.17. The van der Waals surface area contributed by atoms with Crippen LogP contribution >= 0.6 is 22.7 Å². The van der Waals surface area contributed by atoms with Gasteiger partial charge in [0, 0.05) is 33.0 Å². The predicted octanol–water partition coefficient (Wildman–Crippen LogP) is 7.45. The lowest BCUT2D eigenvalue weighted by atomic mass is 9.91. The summed E-state index contributed by atoms with van der Waals surface area (Å²) in [4.78, 5) is 29.4. The molecule has 2 aliphatic carbocycles. The fourth-order valence-corrected chi connectivity index (χ4v) is 6.99. The molecule has 1 aromatic carbocycles. The highest BCUT2D eigenvalue weighted by atomic mass is 32.1. The van der Waals surface area contributed by atoms with Gasteiger partial charge in [-0.3, -0.25) is 9.59 Å². The number of halogens is 3. The number of nitrogens with one attached hydrogen (secondary N) is 2. The summed E-state index contributed by atoms with van der Waals surface area (Å²) in [7, 11) is 0. The first-order valence-corrected chi connectivity index (χ1v) is 14.7. The standard InChI is InChI=1S/C30H29F3N2O2S2/c31-30(32,33)22-5-1-4-21(16-22)20-11-9-19(10-12-20)17-34-28(36)24-6-2-7-25(24)29(37)35-18-23-13-14-27(39-23)26-8-3-15-38-26/h1,3-5,8-9,11,13-16,24-25H,2,6-7,10,12,17-18H2,(H,34,36)(H,35,37). The van der Waals surface area contributed by atoms with Crippen molar-refractivity contribution in [3.63, 3.8) is 0 Å². The number of carbonyl (C=O) groups is 2. The van der Waals surface area contributed by atoms with E-state index < -0.39 is 11.7 Å². The summed E-state index contributed by atoms with van der Waals surface area (Å²) in [5, 5.41) is 8.07. The summed E-state index contributed by atoms with van der Waals surface area (Å²) in [5.74, 6) is -0.883. The second-order valence-electron chi connectivity index (χ2n) is 9.92. The van der Waals surface area contributed by atoms with Gasteiger partial charge in [0.25, 0.3) is 0 Å². The van der Waals surface area contributed by atoms with Crippen LogP contribution in [0.4, 0.5) is 13.2 Å². The van der Waals surface area contributed by atoms with Gasteiger partial charge in [-0.2, -0.15) is 13.2 Å². The molecule has 2 aromatic heterocycles. The molecule has 1 fully saturated rings. The molecule has 2 heterocycles. The van der Waals surface area contributed by atoms with Crippen LogP contribution in [0, 0.1) is 11.8 Å². The lowest BCUT2D eigenvalue weighted by Crippen LogP contribution is -2.40. The quantitative estimate of drug-likeness (QED) is 0.296. The van der Waals surface area contributed by atoms with Gasteiger partial charge < -0.3 is 10.6 Å². The maximum Gasteiger partial charge on any atom is 0.416 e. The van der Waals surface area contributed by atoms with E-state index in [9.17, 15) is 22.8 Å². The van der Waals surface area contributed by atoms with Crippen molar-refractivity contribution >= 4 is 40.1 Å². The SMILES string of the molecule is O=C(NCC1=CC=C(c2cccc(C(F)(F)F)c2)CC1)C1CCCC1C(=O)NCc1ccc(-c2cccs2)s1. The highest BCUT2D eigenvalue weighted by molar-refractivity contribution is 7.21. The summed E-state index contributed by atoms with van der Waals surface area (Å²) in [6, 6.07) is 13.6. The molecule has 2 aliphatic rings. The highest BCUT2D eigenvalue weighted by Crippen LogP contribution is 2.35. The second-order valence-corrected chi connectivity index (χ2v) is 12.0. The molecule has 39 heavy (non-hydrogen) atoms. The van der Waals surface area contributed by atoms with Gasteiger partial charge in [-0.15, -0.1) is 22.7 Å². The Morgan fingerprint density at radius 2 is 1.64 bits per heavy atom. The van der Waals surface area contributed by atoms with Crippen LogP contribution in [0.25, 0.3) is 15.3 Å². The number of thiophene rings is 2. The first-order chi connectivity index (χ1) is 18.8. The molecule has 0 spiro atoms. The van der Waals surface area contributed by atoms with Gasteiger partial charge in [-0.1, -0.05) is 42.3 Å². The average Bonchev–Trinajstić information content (AvgIpc) is 3.72. The molecule has 0 saturated heterocycles. The van der Waals surface area contributed by atoms with Crippen LogP contribution < -0.4 is 10.6 Å². The van der Waals surface area contributed by atoms with Crippen LogP contribution in [-0.4, -0.2) is 18.4 Å². The van der Waals surface area contributed by atoms with Crippen molar-refractivity contribution in [1.29, 1.82) is 0 Å². The lowest BCUT2D eigenvalue weighted by molar-refractivity contribution is -0.137. The van der Waals surface area contributed by atoms with Crippen molar-refractivity contribution in [2.75, 3.05) is 6.54 Å². The van der Waals surface area contributed by atoms with Gasteiger partial charge in [0.2, 0.25) is 11.8 Å². The van der Waals surface area contributed by atoms with Crippen molar-refractivity contribution in [2.24, 2.45) is 11.8 Å². The lowest BCUT2D eigenvalue weighted by Gasteiger charge is -2.20. The molecule has 5 rings (SSSR count). The molecule has 0 bridgehead atoms. The smallest absolute Gasteiger partial charge is 0.352 e. The summed E-state index contributed by atoms with van der Waals surface area (Å²) in [6.45, 7) is 0.823. The van der Waals surface area contributed by atoms with E-state index in [0.717, 1.165) is 28.5 Å². The normalized spacial score (nSPS) is 19.4. The van der Waals surface area contributed by atoms with Crippen molar-refractivity contribution in [3.05, 3.63) is 87.6 Å². The van der Waals surface area contributed by atoms with Gasteiger partial charge in [-0.25, -0.2) is 0 Å². The number of allylic oxidation sites excluding steroid dienone is 3. The summed E-state index contributed by atoms with van der Waals surface area (Å²) in [6.07, 6.45) is 2.82. The molecule has 9 heteroatoms. The molecule has 1 saturated carbocycles. The van der Waals surface area contributed by atoms with Crippen LogP contribution in [0.15, 0.2) is 71.6 Å². The van der Waals surface area contributed by atoms with Crippen molar-refractivity contribution in [2.45, 2.75) is 44.8 Å². The number of alkyl halides is 3. The maximum absolute atomic E-state index is 13.1. The van der Waals surface area contributed by atoms with E-state index in [2.05, 4.69) is 22.8 Å². The van der Waals surface area contributed by atoms with E-state index in [0.29, 0.717) is 44.3 Å². The van der Waals surface area contributed by atoms with E-state index in [4.69, 9.17) is 0 Å². The zero-order valence-corrected chi connectivity index (χ0v) is 22.9. The number of hydrogen-bond acceptors (Lipinski definition) is 4. The van der Waals surface area contributed by atoms with Gasteiger partial charge >= 0.3 is 6.18 Å². The third-order valence-corrected chi connectivity index (χ3v) is 9.49. The molecule has 3 aromatic rings. The maximum atomic E-state index is 13.1. The topological polar surface area (TPSA) is 58.2 Å². The Morgan fingerprint density at radius 3 is 2.31 bits per heavy atom. The second kappa shape index (κ2) is 11.9. The monoisotopic (exact) mass is 570 g/mol. The summed E-state index contributed by atoms with van der Waals surface area (Å²) >= 11 is 3.35. The molecule has 204 valence electrons. The largest absolute Gasteiger partial charge is 0.416 e. The Labute approximate surface area is 233 Å². The van der Waals surface area contributed by atoms with E-state index in [1.54, 1.807) is 28.7 Å². The van der Waals surface area contributed by atoms with Gasteiger partial charge in [0.1, 0.15) is 0 Å². The minimum atomic E-state index is -4.37. The minimum absolute atomic E-state index is 0.0794. The van der Waals surface area contributed by atoms with Gasteiger partial charge in [0.05, 0.1) is 12.1 Å². The third kappa shape index (κ3) is 6.70. The minimum Gasteiger partial charge on any atom is -0.352 e. The summed E-state index contributed by atoms with van der Waals surface area (Å²) < 4.78 is 39.2. The molecule has 2 unspecified atom stereocenters. The molecule has 2 N–H and O–H groups in total. The number of rotatable bonds is 8. The van der Waals surface area contributed by atoms with E-state index in [-0.39, 0.29) is 23.7 Å². The van der Waals surface area contributed by atoms with Crippen LogP contribution in [0.1, 0.15) is 48.1 Å². The Bertz CT molecular complexity index is 1390. The van der Waals surface area contributed by atoms with Crippen molar-refractivity contribution < 1.29 is 22.8 Å². The molecular formula is C30H29F3N2O2S2. The fraction of sp³-hybridized carbons (Fsp3) is 0.333. The molecule has 0 aliphatic heterocycles. The van der Waals surface area contributed by atoms with E-state index in [1.165, 1.54) is 21.9 Å². The molecule has 4 nitrogen and oxygen atoms in total. The number of carbonyl (C=O) groups excluding carboxylic acids is 2. The van der Waals surface area contributed by atoms with Gasteiger partial charge in [-0.05, 0) is 72.5 Å². The molecule has 2 amide bonds. The van der Waals surface area contributed by atoms with Crippen LogP contribution in [-0.2, 0) is 22.3 Å². The van der Waals surface area contributed by atoms with Crippen LogP contribution in [0.5, 0.6) is 0 Å². The van der Waals surface area contributed by atoms with Crippen molar-refractivity contribution in [1.82, 2.24) is 10.6 Å². The third-order valence-electron chi connectivity index (χ3n) is 7.34. The first kappa shape index (κ1) is 27.4. The van der Waals surface area contributed by atoms with Crippen LogP contribution in [0.2, 0.25) is 0 Å². The predicted molar refractivity (Wildman–Crippen MR) is 150 cm³/mol. The number of benzene rings is 1. The van der Waals surface area contributed by atoms with E-state index >= 15 is 0 Å². The Kier molecular flexibility index (Phi) is 8.37. The number of hydrogen-bond donors (Lipinski definition) is 2. The van der Waals surface area contributed by atoms with Crippen molar-refractivity contribution in [3.8, 4) is 9.75 Å². The zero-order chi connectivity index (χ0) is 27.4. The molecule has 0 radical (unpaired) electrons. The fourth-order valence-electron chi connectivity index (χ4n) is 5.21. The molecule has 2 atom stereocenters. The average molecular weight is 571 g/mol. The zero-order valence-electron chi connectivity index (χ0n) is 21.2. The van der Waals surface area contributed by atoms with Gasteiger partial charge in [0.15, 0.2) is 0 Å². The van der Waals surface area contributed by atoms with E-state index in [1.807, 2.05) is 29.7 Å².